The predicted octanol–water partition coefficient (Wildman–Crippen LogP) is 2.65. The third-order valence-corrected chi connectivity index (χ3v) is 6.57. The van der Waals surface area contributed by atoms with Crippen LogP contribution in [0.15, 0.2) is 52.1 Å². The van der Waals surface area contributed by atoms with Gasteiger partial charge in [0.2, 0.25) is 0 Å². The molecular formula is C25H25FN6O4. The molecule has 2 aromatic heterocycles. The molecule has 0 radical (unpaired) electrons. The van der Waals surface area contributed by atoms with Gasteiger partial charge in [0.1, 0.15) is 22.6 Å². The second-order valence-corrected chi connectivity index (χ2v) is 8.76. The van der Waals surface area contributed by atoms with E-state index < -0.39 is 17.3 Å². The van der Waals surface area contributed by atoms with Crippen LogP contribution in [0, 0.1) is 5.82 Å². The van der Waals surface area contributed by atoms with Crippen LogP contribution in [0.1, 0.15) is 47.6 Å². The van der Waals surface area contributed by atoms with Gasteiger partial charge < -0.3 is 15.8 Å². The number of halogens is 1. The van der Waals surface area contributed by atoms with Crippen LogP contribution in [0.2, 0.25) is 0 Å². The van der Waals surface area contributed by atoms with Gasteiger partial charge in [-0.1, -0.05) is 25.0 Å². The van der Waals surface area contributed by atoms with Gasteiger partial charge in [0, 0.05) is 12.6 Å². The Hall–Kier alpha value is -4.41. The molecule has 0 bridgehead atoms. The van der Waals surface area contributed by atoms with Gasteiger partial charge in [0.05, 0.1) is 18.4 Å². The quantitative estimate of drug-likeness (QED) is 0.378. The molecule has 2 aromatic carbocycles. The van der Waals surface area contributed by atoms with E-state index in [1.54, 1.807) is 28.8 Å². The molecule has 186 valence electrons. The molecule has 0 unspecified atom stereocenters. The number of rotatable bonds is 6. The van der Waals surface area contributed by atoms with Crippen molar-refractivity contribution in [2.75, 3.05) is 12.8 Å². The summed E-state index contributed by atoms with van der Waals surface area (Å²) in [5.74, 6) is -0.702. The molecular weight excluding hydrogens is 467 g/mol. The second kappa shape index (κ2) is 9.33. The average molecular weight is 493 g/mol. The number of imidazole rings is 1. The minimum Gasteiger partial charge on any atom is -0.496 e. The summed E-state index contributed by atoms with van der Waals surface area (Å²) in [6.45, 7) is 0.168. The fourth-order valence-corrected chi connectivity index (χ4v) is 4.83. The van der Waals surface area contributed by atoms with E-state index in [0.717, 1.165) is 37.3 Å². The molecule has 2 heterocycles. The van der Waals surface area contributed by atoms with Crippen molar-refractivity contribution in [3.8, 4) is 11.4 Å². The first-order valence-corrected chi connectivity index (χ1v) is 11.6. The van der Waals surface area contributed by atoms with Gasteiger partial charge in [-0.25, -0.2) is 14.3 Å². The Labute approximate surface area is 204 Å². The number of benzene rings is 2. The first-order valence-electron chi connectivity index (χ1n) is 11.6. The van der Waals surface area contributed by atoms with Crippen LogP contribution in [-0.2, 0) is 6.54 Å². The molecule has 1 amide bonds. The lowest BCUT2D eigenvalue weighted by Crippen LogP contribution is -2.27. The highest BCUT2D eigenvalue weighted by Crippen LogP contribution is 2.31. The number of anilines is 1. The van der Waals surface area contributed by atoms with Crippen molar-refractivity contribution in [1.29, 1.82) is 0 Å². The van der Waals surface area contributed by atoms with Gasteiger partial charge in [-0.15, -0.1) is 0 Å². The highest BCUT2D eigenvalue weighted by Gasteiger charge is 2.27. The molecule has 36 heavy (non-hydrogen) atoms. The summed E-state index contributed by atoms with van der Waals surface area (Å²) in [6.07, 6.45) is 3.61. The van der Waals surface area contributed by atoms with Crippen LogP contribution in [0.25, 0.3) is 16.7 Å². The maximum atomic E-state index is 13.6. The van der Waals surface area contributed by atoms with E-state index in [-0.39, 0.29) is 46.4 Å². The lowest BCUT2D eigenvalue weighted by Gasteiger charge is -2.11. The average Bonchev–Trinajstić information content (AvgIpc) is 3.51. The number of aromatic amines is 1. The van der Waals surface area contributed by atoms with Gasteiger partial charge in [-0.3, -0.25) is 18.7 Å². The molecule has 1 fully saturated rings. The molecule has 0 aliphatic heterocycles. The molecule has 4 N–H and O–H groups in total. The van der Waals surface area contributed by atoms with E-state index in [1.165, 1.54) is 23.8 Å². The van der Waals surface area contributed by atoms with Crippen LogP contribution in [-0.4, -0.2) is 32.3 Å². The Morgan fingerprint density at radius 1 is 1.17 bits per heavy atom. The van der Waals surface area contributed by atoms with Crippen molar-refractivity contribution in [2.45, 2.75) is 38.3 Å². The number of methoxy groups -OCH3 is 1. The Bertz CT molecular complexity index is 1560. The lowest BCUT2D eigenvalue weighted by atomic mass is 10.1. The minimum absolute atomic E-state index is 0.0545. The van der Waals surface area contributed by atoms with Crippen LogP contribution in [0.5, 0.6) is 5.75 Å². The predicted molar refractivity (Wildman–Crippen MR) is 132 cm³/mol. The summed E-state index contributed by atoms with van der Waals surface area (Å²) in [4.78, 5) is 38.8. The highest BCUT2D eigenvalue weighted by molar-refractivity contribution is 5.96. The maximum absolute atomic E-state index is 13.6. The number of hydrogen-bond donors (Lipinski definition) is 3. The summed E-state index contributed by atoms with van der Waals surface area (Å²) in [5, 5.41) is 9.00. The second-order valence-electron chi connectivity index (χ2n) is 8.76. The van der Waals surface area contributed by atoms with E-state index >= 15 is 0 Å². The minimum atomic E-state index is -0.542. The summed E-state index contributed by atoms with van der Waals surface area (Å²) in [6, 6.07) is 10.6. The maximum Gasteiger partial charge on any atom is 0.334 e. The number of fused-ring (bicyclic) bond motifs is 1. The van der Waals surface area contributed by atoms with Crippen molar-refractivity contribution in [3.63, 3.8) is 0 Å². The van der Waals surface area contributed by atoms with E-state index in [2.05, 4.69) is 15.5 Å². The van der Waals surface area contributed by atoms with E-state index in [9.17, 15) is 18.8 Å². The standard InChI is InChI=1S/C25H25FN6O4/c1-36-19-11-8-15(26)12-18(19)23(33)28-13-14-6-9-17(10-7-14)31-20-21(24(34)30-29-22(20)27)32(25(31)35)16-4-2-3-5-16/h6-12,16H,2-5,13H2,1H3,(H2,27,29)(H,28,33)(H,30,34). The smallest absolute Gasteiger partial charge is 0.334 e. The van der Waals surface area contributed by atoms with E-state index in [0.29, 0.717) is 5.69 Å². The summed E-state index contributed by atoms with van der Waals surface area (Å²) in [5.41, 5.74) is 7.15. The van der Waals surface area contributed by atoms with Gasteiger partial charge in [0.25, 0.3) is 11.5 Å². The first-order chi connectivity index (χ1) is 17.4. The van der Waals surface area contributed by atoms with Crippen LogP contribution < -0.4 is 27.0 Å². The van der Waals surface area contributed by atoms with Crippen LogP contribution in [0.4, 0.5) is 10.2 Å². The number of amides is 1. The number of carbonyl (C=O) groups excluding carboxylic acids is 1. The number of nitrogen functional groups attached to an aromatic ring is 1. The van der Waals surface area contributed by atoms with E-state index in [1.807, 2.05) is 0 Å². The van der Waals surface area contributed by atoms with Gasteiger partial charge in [-0.05, 0) is 48.7 Å². The molecule has 0 saturated heterocycles. The molecule has 0 atom stereocenters. The third kappa shape index (κ3) is 4.02. The van der Waals surface area contributed by atoms with Crippen molar-refractivity contribution in [1.82, 2.24) is 24.6 Å². The van der Waals surface area contributed by atoms with Gasteiger partial charge in [-0.2, -0.15) is 5.10 Å². The van der Waals surface area contributed by atoms with Crippen LogP contribution >= 0.6 is 0 Å². The lowest BCUT2D eigenvalue weighted by molar-refractivity contribution is 0.0947. The molecule has 1 aliphatic rings. The number of nitrogens with zero attached hydrogens (tertiary/aromatic N) is 3. The fourth-order valence-electron chi connectivity index (χ4n) is 4.83. The van der Waals surface area contributed by atoms with Crippen molar-refractivity contribution in [3.05, 3.63) is 80.2 Å². The number of nitrogens with two attached hydrogens (primary N) is 1. The van der Waals surface area contributed by atoms with Crippen molar-refractivity contribution >= 4 is 22.8 Å². The number of aromatic nitrogens is 4. The number of carbonyl (C=O) groups is 1. The Balaban J connectivity index is 1.45. The number of hydrogen-bond acceptors (Lipinski definition) is 6. The Morgan fingerprint density at radius 2 is 1.89 bits per heavy atom. The van der Waals surface area contributed by atoms with Gasteiger partial charge >= 0.3 is 5.69 Å². The Morgan fingerprint density at radius 3 is 2.58 bits per heavy atom. The summed E-state index contributed by atoms with van der Waals surface area (Å²) >= 11 is 0. The summed E-state index contributed by atoms with van der Waals surface area (Å²) < 4.78 is 21.7. The Kier molecular flexibility index (Phi) is 6.05. The highest BCUT2D eigenvalue weighted by atomic mass is 19.1. The molecule has 10 nitrogen and oxygen atoms in total. The molecule has 4 aromatic rings. The van der Waals surface area contributed by atoms with E-state index in [4.69, 9.17) is 10.5 Å². The molecule has 0 spiro atoms. The zero-order valence-corrected chi connectivity index (χ0v) is 19.6. The number of H-pyrrole nitrogens is 1. The normalized spacial score (nSPS) is 13.8. The van der Waals surface area contributed by atoms with Crippen molar-refractivity contribution in [2.24, 2.45) is 0 Å². The van der Waals surface area contributed by atoms with Crippen molar-refractivity contribution < 1.29 is 13.9 Å². The first kappa shape index (κ1) is 23.3. The number of nitrogens with one attached hydrogen (secondary N) is 2. The number of ether oxygens (including phenoxy) is 1. The van der Waals surface area contributed by atoms with Gasteiger partial charge in [0.15, 0.2) is 5.82 Å². The largest absolute Gasteiger partial charge is 0.496 e. The molecule has 5 rings (SSSR count). The zero-order chi connectivity index (χ0) is 25.4. The summed E-state index contributed by atoms with van der Waals surface area (Å²) in [7, 11) is 1.41. The van der Waals surface area contributed by atoms with Crippen LogP contribution in [0.3, 0.4) is 0 Å². The SMILES string of the molecule is COc1ccc(F)cc1C(=O)NCc1ccc(-n2c(=O)n(C3CCCC3)c3c(=O)[nH]nc(N)c32)cc1. The zero-order valence-electron chi connectivity index (χ0n) is 19.6. The monoisotopic (exact) mass is 492 g/mol. The molecule has 1 aliphatic carbocycles. The fraction of sp³-hybridized carbons (Fsp3) is 0.280. The molecule has 1 saturated carbocycles. The third-order valence-electron chi connectivity index (χ3n) is 6.57. The topological polar surface area (TPSA) is 137 Å². The molecule has 11 heteroatoms.